The van der Waals surface area contributed by atoms with Crippen molar-refractivity contribution in [2.75, 3.05) is 46.6 Å². The van der Waals surface area contributed by atoms with Crippen LogP contribution in [0.3, 0.4) is 0 Å². The van der Waals surface area contributed by atoms with E-state index in [0.717, 1.165) is 13.1 Å². The molecule has 0 amide bonds. The number of aliphatic hydroxyl groups is 1. The van der Waals surface area contributed by atoms with Gasteiger partial charge in [-0.2, -0.15) is 11.8 Å². The van der Waals surface area contributed by atoms with Crippen molar-refractivity contribution in [2.45, 2.75) is 30.5 Å². The molecule has 1 N–H and O–H groups in total. The van der Waals surface area contributed by atoms with Gasteiger partial charge in [0.25, 0.3) is 0 Å². The maximum absolute atomic E-state index is 9.86. The minimum absolute atomic E-state index is 0.394. The summed E-state index contributed by atoms with van der Waals surface area (Å²) in [6.45, 7) is 8.85. The fourth-order valence-corrected chi connectivity index (χ4v) is 3.53. The molecule has 1 aliphatic rings. The highest BCUT2D eigenvalue weighted by Crippen LogP contribution is 2.24. The van der Waals surface area contributed by atoms with Crippen molar-refractivity contribution in [3.8, 4) is 0 Å². The Kier molecular flexibility index (Phi) is 7.46. The number of methoxy groups -OCH3 is 1. The van der Waals surface area contributed by atoms with E-state index in [1.165, 1.54) is 0 Å². The quantitative estimate of drug-likeness (QED) is 0.689. The number of hydrogen-bond acceptors (Lipinski definition) is 5. The zero-order chi connectivity index (χ0) is 12.7. The molecule has 0 radical (unpaired) electrons. The van der Waals surface area contributed by atoms with Crippen LogP contribution in [0.5, 0.6) is 0 Å². The van der Waals surface area contributed by atoms with E-state index in [2.05, 4.69) is 18.7 Å². The number of thioether (sulfide) groups is 1. The average Bonchev–Trinajstić information content (AvgIpc) is 2.23. The number of nitrogens with zero attached hydrogens (tertiary/aromatic N) is 1. The minimum atomic E-state index is -0.394. The van der Waals surface area contributed by atoms with E-state index in [1.54, 1.807) is 7.11 Å². The summed E-state index contributed by atoms with van der Waals surface area (Å²) < 4.78 is 10.2. The molecule has 102 valence electrons. The Hall–Kier alpha value is 0.190. The maximum Gasteiger partial charge on any atom is 0.0900 e. The summed E-state index contributed by atoms with van der Waals surface area (Å²) in [4.78, 5) is 2.33. The first-order valence-corrected chi connectivity index (χ1v) is 7.18. The van der Waals surface area contributed by atoms with Crippen molar-refractivity contribution >= 4 is 11.8 Å². The predicted octanol–water partition coefficient (Wildman–Crippen LogP) is 0.836. The molecule has 5 heteroatoms. The van der Waals surface area contributed by atoms with E-state index >= 15 is 0 Å². The van der Waals surface area contributed by atoms with Crippen molar-refractivity contribution in [3.63, 3.8) is 0 Å². The number of aliphatic hydroxyl groups excluding tert-OH is 1. The van der Waals surface area contributed by atoms with Crippen molar-refractivity contribution < 1.29 is 14.6 Å². The molecule has 1 saturated heterocycles. The molecule has 0 aliphatic carbocycles. The Labute approximate surface area is 109 Å². The first kappa shape index (κ1) is 15.2. The van der Waals surface area contributed by atoms with E-state index in [-0.39, 0.29) is 0 Å². The van der Waals surface area contributed by atoms with Crippen LogP contribution in [-0.4, -0.2) is 73.2 Å². The molecule has 0 saturated carbocycles. The van der Waals surface area contributed by atoms with Crippen molar-refractivity contribution in [3.05, 3.63) is 0 Å². The van der Waals surface area contributed by atoms with Gasteiger partial charge in [-0.1, -0.05) is 13.8 Å². The molecule has 3 atom stereocenters. The molecule has 0 spiro atoms. The van der Waals surface area contributed by atoms with Gasteiger partial charge in [0.2, 0.25) is 0 Å². The minimum Gasteiger partial charge on any atom is -0.389 e. The Bertz CT molecular complexity index is 196. The lowest BCUT2D eigenvalue weighted by atomic mass is 10.3. The summed E-state index contributed by atoms with van der Waals surface area (Å²) in [5.41, 5.74) is 0. The Morgan fingerprint density at radius 2 is 1.94 bits per heavy atom. The fourth-order valence-electron chi connectivity index (χ4n) is 2.15. The molecule has 0 aromatic heterocycles. The Morgan fingerprint density at radius 3 is 2.53 bits per heavy atom. The summed E-state index contributed by atoms with van der Waals surface area (Å²) in [7, 11) is 1.65. The molecule has 1 rings (SSSR count). The smallest absolute Gasteiger partial charge is 0.0900 e. The fraction of sp³-hybridized carbons (Fsp3) is 1.00. The molecule has 4 nitrogen and oxygen atoms in total. The van der Waals surface area contributed by atoms with Gasteiger partial charge in [-0.3, -0.25) is 4.90 Å². The Balaban J connectivity index is 2.14. The standard InChI is InChI=1S/C12H25NO3S/c1-10-6-13(7-11(2)17-10)8-12(14)9-16-5-4-15-3/h10-12,14H,4-9H2,1-3H3. The average molecular weight is 263 g/mol. The van der Waals surface area contributed by atoms with Crippen LogP contribution in [0.4, 0.5) is 0 Å². The first-order chi connectivity index (χ1) is 8.11. The SMILES string of the molecule is COCCOCC(O)CN1CC(C)SC(C)C1. The number of β-amino-alcohol motifs (C(OH)–C–C–N with tert-alkyl or cyclic N) is 1. The number of rotatable bonds is 7. The second-order valence-electron chi connectivity index (χ2n) is 4.70. The largest absolute Gasteiger partial charge is 0.389 e. The summed E-state index contributed by atoms with van der Waals surface area (Å²) >= 11 is 2.03. The molecule has 1 heterocycles. The second kappa shape index (κ2) is 8.32. The number of hydrogen-bond donors (Lipinski definition) is 1. The molecule has 1 fully saturated rings. The van der Waals surface area contributed by atoms with Gasteiger partial charge in [-0.05, 0) is 0 Å². The van der Waals surface area contributed by atoms with E-state index in [1.807, 2.05) is 11.8 Å². The van der Waals surface area contributed by atoms with Crippen molar-refractivity contribution in [2.24, 2.45) is 0 Å². The monoisotopic (exact) mass is 263 g/mol. The van der Waals surface area contributed by atoms with Gasteiger partial charge < -0.3 is 14.6 Å². The van der Waals surface area contributed by atoms with Crippen LogP contribution >= 0.6 is 11.8 Å². The highest BCUT2D eigenvalue weighted by molar-refractivity contribution is 8.00. The van der Waals surface area contributed by atoms with Crippen LogP contribution in [0.25, 0.3) is 0 Å². The van der Waals surface area contributed by atoms with E-state index in [9.17, 15) is 5.11 Å². The van der Waals surface area contributed by atoms with E-state index < -0.39 is 6.10 Å². The molecular weight excluding hydrogens is 238 g/mol. The van der Waals surface area contributed by atoms with Gasteiger partial charge in [0.1, 0.15) is 0 Å². The molecule has 0 aromatic carbocycles. The number of ether oxygens (including phenoxy) is 2. The third-order valence-corrected chi connectivity index (χ3v) is 3.93. The van der Waals surface area contributed by atoms with Crippen LogP contribution in [0, 0.1) is 0 Å². The highest BCUT2D eigenvalue weighted by atomic mass is 32.2. The molecular formula is C12H25NO3S. The van der Waals surface area contributed by atoms with Crippen LogP contribution in [0.1, 0.15) is 13.8 Å². The molecule has 0 aromatic rings. The lowest BCUT2D eigenvalue weighted by Crippen LogP contribution is -2.45. The molecule has 3 unspecified atom stereocenters. The highest BCUT2D eigenvalue weighted by Gasteiger charge is 2.23. The summed E-state index contributed by atoms with van der Waals surface area (Å²) in [6, 6.07) is 0. The normalized spacial score (nSPS) is 28.2. The summed E-state index contributed by atoms with van der Waals surface area (Å²) in [6.07, 6.45) is -0.394. The Morgan fingerprint density at radius 1 is 1.29 bits per heavy atom. The van der Waals surface area contributed by atoms with Gasteiger partial charge in [-0.15, -0.1) is 0 Å². The van der Waals surface area contributed by atoms with Crippen LogP contribution in [-0.2, 0) is 9.47 Å². The van der Waals surface area contributed by atoms with Gasteiger partial charge in [-0.25, -0.2) is 0 Å². The maximum atomic E-state index is 9.86. The van der Waals surface area contributed by atoms with Gasteiger partial charge in [0.15, 0.2) is 0 Å². The molecule has 17 heavy (non-hydrogen) atoms. The van der Waals surface area contributed by atoms with E-state index in [4.69, 9.17) is 9.47 Å². The zero-order valence-corrected chi connectivity index (χ0v) is 11.9. The topological polar surface area (TPSA) is 41.9 Å². The third-order valence-electron chi connectivity index (χ3n) is 2.71. The summed E-state index contributed by atoms with van der Waals surface area (Å²) in [5, 5.41) is 11.2. The van der Waals surface area contributed by atoms with Crippen LogP contribution in [0.2, 0.25) is 0 Å². The van der Waals surface area contributed by atoms with Crippen LogP contribution < -0.4 is 0 Å². The molecule has 1 aliphatic heterocycles. The van der Waals surface area contributed by atoms with E-state index in [0.29, 0.717) is 36.9 Å². The van der Waals surface area contributed by atoms with Gasteiger partial charge >= 0.3 is 0 Å². The predicted molar refractivity (Wildman–Crippen MR) is 71.7 cm³/mol. The van der Waals surface area contributed by atoms with Gasteiger partial charge in [0.05, 0.1) is 25.9 Å². The zero-order valence-electron chi connectivity index (χ0n) is 11.1. The summed E-state index contributed by atoms with van der Waals surface area (Å²) in [5.74, 6) is 0. The van der Waals surface area contributed by atoms with Crippen molar-refractivity contribution in [1.82, 2.24) is 4.90 Å². The lowest BCUT2D eigenvalue weighted by molar-refractivity contribution is -0.000642. The molecule has 0 bridgehead atoms. The first-order valence-electron chi connectivity index (χ1n) is 6.24. The second-order valence-corrected chi connectivity index (χ2v) is 6.58. The van der Waals surface area contributed by atoms with Crippen LogP contribution in [0.15, 0.2) is 0 Å². The van der Waals surface area contributed by atoms with Gasteiger partial charge in [0, 0.05) is 37.2 Å². The van der Waals surface area contributed by atoms with Crippen molar-refractivity contribution in [1.29, 1.82) is 0 Å². The lowest BCUT2D eigenvalue weighted by Gasteiger charge is -2.35. The third kappa shape index (κ3) is 6.62.